The minimum Gasteiger partial charge on any atom is -0.481 e. The largest absolute Gasteiger partial charge is 0.481 e. The minimum absolute atomic E-state index is 0.0865. The Labute approximate surface area is 122 Å². The Morgan fingerprint density at radius 2 is 1.80 bits per heavy atom. The van der Waals surface area contributed by atoms with Gasteiger partial charge in [-0.3, -0.25) is 9.69 Å². The first-order valence-electron chi connectivity index (χ1n) is 7.99. The summed E-state index contributed by atoms with van der Waals surface area (Å²) in [5, 5.41) is 12.5. The summed E-state index contributed by atoms with van der Waals surface area (Å²) in [5.41, 5.74) is 0. The third-order valence-corrected chi connectivity index (χ3v) is 4.83. The van der Waals surface area contributed by atoms with E-state index in [9.17, 15) is 4.79 Å². The second kappa shape index (κ2) is 7.96. The molecule has 5 heteroatoms. The van der Waals surface area contributed by atoms with Crippen LogP contribution in [0.2, 0.25) is 0 Å². The molecule has 0 bridgehead atoms. The first kappa shape index (κ1) is 15.7. The number of piperazine rings is 1. The SMILES string of the molecule is CN1CCN(CCNCC2CCC(C(=O)O)CC2)CC1. The Hall–Kier alpha value is -0.650. The van der Waals surface area contributed by atoms with Gasteiger partial charge in [0.2, 0.25) is 0 Å². The highest BCUT2D eigenvalue weighted by atomic mass is 16.4. The summed E-state index contributed by atoms with van der Waals surface area (Å²) >= 11 is 0. The van der Waals surface area contributed by atoms with Crippen molar-refractivity contribution in [1.82, 2.24) is 15.1 Å². The zero-order chi connectivity index (χ0) is 14.4. The van der Waals surface area contributed by atoms with Crippen molar-refractivity contribution in [2.24, 2.45) is 11.8 Å². The van der Waals surface area contributed by atoms with Crippen LogP contribution in [0.4, 0.5) is 0 Å². The smallest absolute Gasteiger partial charge is 0.306 e. The molecule has 1 saturated carbocycles. The van der Waals surface area contributed by atoms with Crippen molar-refractivity contribution in [3.63, 3.8) is 0 Å². The molecule has 2 fully saturated rings. The lowest BCUT2D eigenvalue weighted by atomic mass is 9.82. The highest BCUT2D eigenvalue weighted by Gasteiger charge is 2.25. The fourth-order valence-corrected chi connectivity index (χ4v) is 3.23. The molecule has 116 valence electrons. The van der Waals surface area contributed by atoms with Gasteiger partial charge in [-0.2, -0.15) is 0 Å². The van der Waals surface area contributed by atoms with E-state index in [4.69, 9.17) is 5.11 Å². The zero-order valence-corrected chi connectivity index (χ0v) is 12.7. The topological polar surface area (TPSA) is 55.8 Å². The molecular weight excluding hydrogens is 254 g/mol. The van der Waals surface area contributed by atoms with Gasteiger partial charge in [-0.15, -0.1) is 0 Å². The van der Waals surface area contributed by atoms with E-state index in [1.54, 1.807) is 0 Å². The average Bonchev–Trinajstić information content (AvgIpc) is 2.46. The first-order chi connectivity index (χ1) is 9.65. The Morgan fingerprint density at radius 3 is 2.40 bits per heavy atom. The number of aliphatic carboxylic acids is 1. The van der Waals surface area contributed by atoms with E-state index in [0.717, 1.165) is 45.3 Å². The lowest BCUT2D eigenvalue weighted by molar-refractivity contribution is -0.143. The molecule has 1 saturated heterocycles. The summed E-state index contributed by atoms with van der Waals surface area (Å²) in [4.78, 5) is 15.8. The second-order valence-electron chi connectivity index (χ2n) is 6.40. The number of hydrogen-bond donors (Lipinski definition) is 2. The van der Waals surface area contributed by atoms with Gasteiger partial charge in [0.05, 0.1) is 5.92 Å². The Kier molecular flexibility index (Phi) is 6.26. The minimum atomic E-state index is -0.605. The summed E-state index contributed by atoms with van der Waals surface area (Å²) < 4.78 is 0. The molecule has 0 spiro atoms. The van der Waals surface area contributed by atoms with Crippen LogP contribution in [0.3, 0.4) is 0 Å². The number of carboxylic acids is 1. The van der Waals surface area contributed by atoms with Crippen LogP contribution in [-0.4, -0.2) is 73.7 Å². The molecule has 2 N–H and O–H groups in total. The van der Waals surface area contributed by atoms with Crippen LogP contribution in [0.25, 0.3) is 0 Å². The third kappa shape index (κ3) is 5.04. The third-order valence-electron chi connectivity index (χ3n) is 4.83. The molecule has 0 radical (unpaired) electrons. The zero-order valence-electron chi connectivity index (χ0n) is 12.7. The number of carbonyl (C=O) groups is 1. The van der Waals surface area contributed by atoms with Gasteiger partial charge in [-0.25, -0.2) is 0 Å². The average molecular weight is 283 g/mol. The van der Waals surface area contributed by atoms with Crippen molar-refractivity contribution in [3.05, 3.63) is 0 Å². The first-order valence-corrected chi connectivity index (χ1v) is 7.99. The molecule has 0 aromatic carbocycles. The maximum atomic E-state index is 10.9. The van der Waals surface area contributed by atoms with Crippen LogP contribution < -0.4 is 5.32 Å². The van der Waals surface area contributed by atoms with Crippen LogP contribution in [0.15, 0.2) is 0 Å². The van der Waals surface area contributed by atoms with Crippen LogP contribution in [-0.2, 0) is 4.79 Å². The number of nitrogens with zero attached hydrogens (tertiary/aromatic N) is 2. The monoisotopic (exact) mass is 283 g/mol. The van der Waals surface area contributed by atoms with Gasteiger partial charge >= 0.3 is 5.97 Å². The molecule has 0 amide bonds. The van der Waals surface area contributed by atoms with Crippen LogP contribution >= 0.6 is 0 Å². The van der Waals surface area contributed by atoms with E-state index >= 15 is 0 Å². The van der Waals surface area contributed by atoms with Gasteiger partial charge in [-0.1, -0.05) is 0 Å². The maximum Gasteiger partial charge on any atom is 0.306 e. The van der Waals surface area contributed by atoms with E-state index in [2.05, 4.69) is 22.2 Å². The summed E-state index contributed by atoms with van der Waals surface area (Å²) in [6.45, 7) is 7.98. The second-order valence-corrected chi connectivity index (χ2v) is 6.40. The lowest BCUT2D eigenvalue weighted by Gasteiger charge is -2.32. The molecule has 2 rings (SSSR count). The molecular formula is C15H29N3O2. The molecule has 1 heterocycles. The normalized spacial score (nSPS) is 29.4. The molecule has 2 aliphatic rings. The van der Waals surface area contributed by atoms with Crippen molar-refractivity contribution < 1.29 is 9.90 Å². The van der Waals surface area contributed by atoms with E-state index in [-0.39, 0.29) is 5.92 Å². The number of nitrogens with one attached hydrogen (secondary N) is 1. The van der Waals surface area contributed by atoms with Gasteiger partial charge in [0.1, 0.15) is 0 Å². The number of carboxylic acid groups (broad SMARTS) is 1. The van der Waals surface area contributed by atoms with E-state index in [1.165, 1.54) is 26.2 Å². The predicted octanol–water partition coefficient (Wildman–Crippen LogP) is 0.714. The van der Waals surface area contributed by atoms with Gasteiger partial charge in [0.25, 0.3) is 0 Å². The van der Waals surface area contributed by atoms with Gasteiger partial charge < -0.3 is 15.3 Å². The van der Waals surface area contributed by atoms with E-state index < -0.39 is 5.97 Å². The lowest BCUT2D eigenvalue weighted by Crippen LogP contribution is -2.46. The van der Waals surface area contributed by atoms with E-state index in [1.807, 2.05) is 0 Å². The molecule has 0 aromatic rings. The standard InChI is InChI=1S/C15H29N3O2/c1-17-8-10-18(11-9-17)7-6-16-12-13-2-4-14(5-3-13)15(19)20/h13-14,16H,2-12H2,1H3,(H,19,20). The molecule has 1 aliphatic heterocycles. The van der Waals surface area contributed by atoms with Crippen molar-refractivity contribution in [2.75, 3.05) is 52.9 Å². The fraction of sp³-hybridized carbons (Fsp3) is 0.933. The fourth-order valence-electron chi connectivity index (χ4n) is 3.23. The maximum absolute atomic E-state index is 10.9. The summed E-state index contributed by atoms with van der Waals surface area (Å²) in [5.74, 6) is -0.0128. The number of rotatable bonds is 6. The summed E-state index contributed by atoms with van der Waals surface area (Å²) in [6.07, 6.45) is 3.86. The van der Waals surface area contributed by atoms with Gasteiger partial charge in [-0.05, 0) is 45.2 Å². The Bertz CT molecular complexity index is 295. The molecule has 0 unspecified atom stereocenters. The van der Waals surface area contributed by atoms with Crippen LogP contribution in [0.1, 0.15) is 25.7 Å². The molecule has 0 atom stereocenters. The van der Waals surface area contributed by atoms with Crippen molar-refractivity contribution in [3.8, 4) is 0 Å². The molecule has 20 heavy (non-hydrogen) atoms. The van der Waals surface area contributed by atoms with Crippen molar-refractivity contribution in [1.29, 1.82) is 0 Å². The van der Waals surface area contributed by atoms with Crippen LogP contribution in [0, 0.1) is 11.8 Å². The summed E-state index contributed by atoms with van der Waals surface area (Å²) in [7, 11) is 2.18. The Balaban J connectivity index is 1.50. The Morgan fingerprint density at radius 1 is 1.15 bits per heavy atom. The molecule has 0 aromatic heterocycles. The van der Waals surface area contributed by atoms with Crippen LogP contribution in [0.5, 0.6) is 0 Å². The van der Waals surface area contributed by atoms with Gasteiger partial charge in [0.15, 0.2) is 0 Å². The summed E-state index contributed by atoms with van der Waals surface area (Å²) in [6, 6.07) is 0. The van der Waals surface area contributed by atoms with Crippen molar-refractivity contribution in [2.45, 2.75) is 25.7 Å². The number of likely N-dealkylation sites (N-methyl/N-ethyl adjacent to an activating group) is 1. The molecule has 1 aliphatic carbocycles. The quantitative estimate of drug-likeness (QED) is 0.703. The highest BCUT2D eigenvalue weighted by Crippen LogP contribution is 2.28. The highest BCUT2D eigenvalue weighted by molar-refractivity contribution is 5.69. The molecule has 5 nitrogen and oxygen atoms in total. The number of hydrogen-bond acceptors (Lipinski definition) is 4. The predicted molar refractivity (Wildman–Crippen MR) is 79.9 cm³/mol. The van der Waals surface area contributed by atoms with Crippen molar-refractivity contribution >= 4 is 5.97 Å². The van der Waals surface area contributed by atoms with E-state index in [0.29, 0.717) is 5.92 Å². The van der Waals surface area contributed by atoms with Gasteiger partial charge in [0, 0.05) is 39.3 Å².